The van der Waals surface area contributed by atoms with Crippen LogP contribution in [-0.2, 0) is 0 Å². The monoisotopic (exact) mass is 351 g/mol. The molecule has 0 bridgehead atoms. The average Bonchev–Trinajstić information content (AvgIpc) is 2.59. The second kappa shape index (κ2) is 10.7. The second-order valence-corrected chi connectivity index (χ2v) is 6.05. The predicted octanol–water partition coefficient (Wildman–Crippen LogP) is 5.30. The highest BCUT2D eigenvalue weighted by molar-refractivity contribution is 5.41. The molecule has 3 rings (SSSR count). The highest BCUT2D eigenvalue weighted by Crippen LogP contribution is 2.17. The van der Waals surface area contributed by atoms with Crippen molar-refractivity contribution in [1.29, 1.82) is 0 Å². The van der Waals surface area contributed by atoms with Crippen LogP contribution < -0.4 is 0 Å². The van der Waals surface area contributed by atoms with Gasteiger partial charge in [-0.1, -0.05) is 23.8 Å². The third-order valence-electron chi connectivity index (χ3n) is 3.42. The maximum Gasteiger partial charge on any atom is 0.272 e. The number of benzene rings is 1. The van der Waals surface area contributed by atoms with E-state index in [-0.39, 0.29) is 10.6 Å². The van der Waals surface area contributed by atoms with E-state index in [0.29, 0.717) is 0 Å². The second-order valence-electron chi connectivity index (χ2n) is 6.05. The van der Waals surface area contributed by atoms with Crippen LogP contribution in [0.5, 0.6) is 0 Å². The lowest BCUT2D eigenvalue weighted by Crippen LogP contribution is -1.91. The quantitative estimate of drug-likeness (QED) is 0.440. The summed E-state index contributed by atoms with van der Waals surface area (Å²) in [6.45, 7) is 9.70. The summed E-state index contributed by atoms with van der Waals surface area (Å²) in [5.41, 5.74) is 5.47. The first-order chi connectivity index (χ1) is 12.3. The van der Waals surface area contributed by atoms with Crippen molar-refractivity contribution in [3.8, 4) is 0 Å². The van der Waals surface area contributed by atoms with Gasteiger partial charge in [-0.25, -0.2) is 0 Å². The Kier molecular flexibility index (Phi) is 8.64. The number of hydrogen-bond donors (Lipinski definition) is 0. The van der Waals surface area contributed by atoms with E-state index in [1.807, 2.05) is 58.3 Å². The first-order valence-corrected chi connectivity index (χ1v) is 8.27. The number of rotatable bonds is 1. The predicted molar refractivity (Wildman–Crippen MR) is 105 cm³/mol. The molecule has 2 heterocycles. The van der Waals surface area contributed by atoms with Crippen LogP contribution in [0.3, 0.4) is 0 Å². The molecular formula is C21H25N3O2. The Morgan fingerprint density at radius 1 is 0.846 bits per heavy atom. The van der Waals surface area contributed by atoms with Crippen LogP contribution in [0, 0.1) is 44.7 Å². The van der Waals surface area contributed by atoms with E-state index >= 15 is 0 Å². The molecule has 0 saturated carbocycles. The molecule has 0 amide bonds. The Morgan fingerprint density at radius 3 is 1.88 bits per heavy atom. The fraction of sp³-hybridized carbons (Fsp3) is 0.238. The van der Waals surface area contributed by atoms with Crippen LogP contribution in [0.25, 0.3) is 0 Å². The fourth-order valence-corrected chi connectivity index (χ4v) is 2.00. The Bertz CT molecular complexity index is 795. The molecule has 0 aliphatic carbocycles. The lowest BCUT2D eigenvalue weighted by molar-refractivity contribution is -0.385. The SMILES string of the molecule is Cc1ccc(C)nc1.Cc1ccc([N+](=O)[O-])c(C)c1.Cc1cccnc1. The molecule has 0 aliphatic heterocycles. The van der Waals surface area contributed by atoms with E-state index in [4.69, 9.17) is 0 Å². The van der Waals surface area contributed by atoms with Gasteiger partial charge >= 0.3 is 0 Å². The highest BCUT2D eigenvalue weighted by atomic mass is 16.6. The summed E-state index contributed by atoms with van der Waals surface area (Å²) in [4.78, 5) is 17.9. The smallest absolute Gasteiger partial charge is 0.264 e. The third-order valence-corrected chi connectivity index (χ3v) is 3.42. The molecule has 0 spiro atoms. The van der Waals surface area contributed by atoms with Gasteiger partial charge in [0.1, 0.15) is 0 Å². The fourth-order valence-electron chi connectivity index (χ4n) is 2.00. The van der Waals surface area contributed by atoms with Crippen molar-refractivity contribution < 1.29 is 4.92 Å². The van der Waals surface area contributed by atoms with Crippen LogP contribution in [0.1, 0.15) is 27.9 Å². The van der Waals surface area contributed by atoms with Crippen LogP contribution in [-0.4, -0.2) is 14.9 Å². The van der Waals surface area contributed by atoms with Gasteiger partial charge in [0, 0.05) is 35.9 Å². The van der Waals surface area contributed by atoms with E-state index in [9.17, 15) is 10.1 Å². The molecule has 0 atom stereocenters. The Labute approximate surface area is 154 Å². The molecule has 0 radical (unpaired) electrons. The number of nitro groups is 1. The van der Waals surface area contributed by atoms with Crippen molar-refractivity contribution in [2.24, 2.45) is 0 Å². The van der Waals surface area contributed by atoms with E-state index in [2.05, 4.69) is 16.0 Å². The minimum atomic E-state index is -0.366. The van der Waals surface area contributed by atoms with Crippen LogP contribution in [0.2, 0.25) is 0 Å². The molecule has 5 nitrogen and oxygen atoms in total. The highest BCUT2D eigenvalue weighted by Gasteiger charge is 2.07. The summed E-state index contributed by atoms with van der Waals surface area (Å²) in [5, 5.41) is 10.3. The minimum Gasteiger partial charge on any atom is -0.264 e. The van der Waals surface area contributed by atoms with Crippen LogP contribution >= 0.6 is 0 Å². The Morgan fingerprint density at radius 2 is 1.50 bits per heavy atom. The average molecular weight is 351 g/mol. The molecule has 2 aromatic heterocycles. The van der Waals surface area contributed by atoms with Crippen molar-refractivity contribution in [3.05, 3.63) is 99.1 Å². The van der Waals surface area contributed by atoms with E-state index in [0.717, 1.165) is 16.8 Å². The molecular weight excluding hydrogens is 326 g/mol. The molecule has 3 aromatic rings. The van der Waals surface area contributed by atoms with Crippen molar-refractivity contribution >= 4 is 5.69 Å². The first-order valence-electron chi connectivity index (χ1n) is 8.27. The molecule has 0 N–H and O–H groups in total. The zero-order valence-corrected chi connectivity index (χ0v) is 15.9. The van der Waals surface area contributed by atoms with Gasteiger partial charge in [-0.05, 0) is 63.9 Å². The van der Waals surface area contributed by atoms with E-state index < -0.39 is 0 Å². The molecule has 0 saturated heterocycles. The molecule has 1 aromatic carbocycles. The van der Waals surface area contributed by atoms with Crippen LogP contribution in [0.4, 0.5) is 5.69 Å². The maximum atomic E-state index is 10.3. The lowest BCUT2D eigenvalue weighted by Gasteiger charge is -1.96. The number of nitro benzene ring substituents is 1. The topological polar surface area (TPSA) is 68.9 Å². The van der Waals surface area contributed by atoms with Gasteiger partial charge in [0.05, 0.1) is 4.92 Å². The van der Waals surface area contributed by atoms with Crippen LogP contribution in [0.15, 0.2) is 61.1 Å². The number of pyridine rings is 2. The molecule has 0 aliphatic rings. The summed E-state index contributed by atoms with van der Waals surface area (Å²) in [7, 11) is 0. The van der Waals surface area contributed by atoms with Gasteiger partial charge in [-0.3, -0.25) is 20.1 Å². The van der Waals surface area contributed by atoms with E-state index in [1.165, 1.54) is 17.2 Å². The summed E-state index contributed by atoms with van der Waals surface area (Å²) in [5.74, 6) is 0. The van der Waals surface area contributed by atoms with Gasteiger partial charge in [0.25, 0.3) is 5.69 Å². The third kappa shape index (κ3) is 8.15. The number of hydrogen-bond acceptors (Lipinski definition) is 4. The largest absolute Gasteiger partial charge is 0.272 e. The Balaban J connectivity index is 0.000000201. The normalized spacial score (nSPS) is 9.27. The molecule has 5 heteroatoms. The number of nitrogens with zero attached hydrogens (tertiary/aromatic N) is 3. The lowest BCUT2D eigenvalue weighted by atomic mass is 10.1. The van der Waals surface area contributed by atoms with Gasteiger partial charge in [0.15, 0.2) is 0 Å². The minimum absolute atomic E-state index is 0.190. The number of aryl methyl sites for hydroxylation is 5. The maximum absolute atomic E-state index is 10.3. The number of aromatic nitrogens is 2. The van der Waals surface area contributed by atoms with Gasteiger partial charge in [0.2, 0.25) is 0 Å². The molecule has 136 valence electrons. The summed E-state index contributed by atoms with van der Waals surface area (Å²) in [6, 6.07) is 13.1. The standard InChI is InChI=1S/C8H9NO2.C7H9N.C6H7N/c1-6-3-4-8(9(10)11)7(2)5-6;1-6-3-4-7(2)8-5-6;1-6-3-2-4-7-5-6/h3-5H,1-2H3;3-5H,1-2H3;2-5H,1H3. The van der Waals surface area contributed by atoms with Gasteiger partial charge in [-0.2, -0.15) is 0 Å². The van der Waals surface area contributed by atoms with Crippen molar-refractivity contribution in [1.82, 2.24) is 9.97 Å². The van der Waals surface area contributed by atoms with Gasteiger partial charge < -0.3 is 0 Å². The molecule has 0 fully saturated rings. The summed E-state index contributed by atoms with van der Waals surface area (Å²) < 4.78 is 0. The van der Waals surface area contributed by atoms with Gasteiger partial charge in [-0.15, -0.1) is 0 Å². The van der Waals surface area contributed by atoms with Crippen molar-refractivity contribution in [2.45, 2.75) is 34.6 Å². The summed E-state index contributed by atoms with van der Waals surface area (Å²) in [6.07, 6.45) is 5.47. The molecule has 0 unspecified atom stereocenters. The van der Waals surface area contributed by atoms with Crippen molar-refractivity contribution in [3.63, 3.8) is 0 Å². The zero-order chi connectivity index (χ0) is 19.5. The Hall–Kier alpha value is -3.08. The first kappa shape index (κ1) is 21.0. The summed E-state index contributed by atoms with van der Waals surface area (Å²) >= 11 is 0. The zero-order valence-electron chi connectivity index (χ0n) is 15.9. The molecule has 26 heavy (non-hydrogen) atoms. The van der Waals surface area contributed by atoms with E-state index in [1.54, 1.807) is 25.3 Å². The van der Waals surface area contributed by atoms with Crippen molar-refractivity contribution in [2.75, 3.05) is 0 Å².